The maximum Gasteiger partial charge on any atom is 0.350 e. The Labute approximate surface area is 151 Å². The first kappa shape index (κ1) is 19.8. The van der Waals surface area contributed by atoms with Crippen LogP contribution in [0, 0.1) is 12.8 Å². The fourth-order valence-corrected chi connectivity index (χ4v) is 4.57. The third-order valence-corrected chi connectivity index (χ3v) is 6.66. The van der Waals surface area contributed by atoms with E-state index in [1.165, 1.54) is 4.31 Å². The standard InChI is InChI=1S/C15H23N3O5S2/c1-5-23-14(20)12-10(2)17(3)15(24-12)16-13(19)11-7-6-8-18(9-11)25(4,21)22/h11H,5-9H2,1-4H3. The van der Waals surface area contributed by atoms with Gasteiger partial charge in [-0.2, -0.15) is 4.99 Å². The summed E-state index contributed by atoms with van der Waals surface area (Å²) in [7, 11) is -1.59. The van der Waals surface area contributed by atoms with Gasteiger partial charge in [0.05, 0.1) is 18.8 Å². The van der Waals surface area contributed by atoms with Crippen LogP contribution in [0.3, 0.4) is 0 Å². The molecule has 0 spiro atoms. The molecule has 0 radical (unpaired) electrons. The summed E-state index contributed by atoms with van der Waals surface area (Å²) in [6.45, 7) is 4.35. The lowest BCUT2D eigenvalue weighted by atomic mass is 9.99. The van der Waals surface area contributed by atoms with Crippen LogP contribution in [0.2, 0.25) is 0 Å². The smallest absolute Gasteiger partial charge is 0.350 e. The molecule has 8 nitrogen and oxygen atoms in total. The molecule has 1 saturated heterocycles. The number of nitrogens with zero attached hydrogens (tertiary/aromatic N) is 3. The maximum atomic E-state index is 12.5. The Kier molecular flexibility index (Phi) is 6.17. The van der Waals surface area contributed by atoms with Gasteiger partial charge in [-0.3, -0.25) is 4.79 Å². The molecular formula is C15H23N3O5S2. The molecule has 1 aromatic heterocycles. The Morgan fingerprint density at radius 2 is 2.08 bits per heavy atom. The monoisotopic (exact) mass is 389 g/mol. The zero-order valence-electron chi connectivity index (χ0n) is 14.8. The van der Waals surface area contributed by atoms with Crippen LogP contribution in [-0.2, 0) is 26.6 Å². The first-order valence-electron chi connectivity index (χ1n) is 8.02. The quantitative estimate of drug-likeness (QED) is 0.705. The van der Waals surface area contributed by atoms with Crippen molar-refractivity contribution in [2.75, 3.05) is 26.0 Å². The summed E-state index contributed by atoms with van der Waals surface area (Å²) >= 11 is 1.10. The second-order valence-corrected chi connectivity index (χ2v) is 8.95. The first-order chi connectivity index (χ1) is 11.6. The van der Waals surface area contributed by atoms with E-state index in [1.54, 1.807) is 25.5 Å². The molecule has 1 amide bonds. The van der Waals surface area contributed by atoms with Gasteiger partial charge in [0.25, 0.3) is 5.91 Å². The van der Waals surface area contributed by atoms with E-state index in [-0.39, 0.29) is 19.1 Å². The highest BCUT2D eigenvalue weighted by molar-refractivity contribution is 7.88. The van der Waals surface area contributed by atoms with Crippen LogP contribution in [0.15, 0.2) is 4.99 Å². The van der Waals surface area contributed by atoms with Crippen molar-refractivity contribution in [1.82, 2.24) is 8.87 Å². The summed E-state index contributed by atoms with van der Waals surface area (Å²) in [4.78, 5) is 29.4. The highest BCUT2D eigenvalue weighted by Crippen LogP contribution is 2.20. The van der Waals surface area contributed by atoms with E-state index < -0.39 is 21.9 Å². The minimum absolute atomic E-state index is 0.153. The van der Waals surface area contributed by atoms with Crippen LogP contribution in [0.25, 0.3) is 0 Å². The molecule has 1 atom stereocenters. The van der Waals surface area contributed by atoms with Crippen LogP contribution in [-0.4, -0.2) is 55.1 Å². The Morgan fingerprint density at radius 3 is 2.68 bits per heavy atom. The average molecular weight is 389 g/mol. The fourth-order valence-electron chi connectivity index (χ4n) is 2.64. The number of aromatic nitrogens is 1. The average Bonchev–Trinajstić information content (AvgIpc) is 2.83. The molecule has 10 heteroatoms. The second kappa shape index (κ2) is 7.79. The van der Waals surface area contributed by atoms with Gasteiger partial charge in [-0.05, 0) is 26.7 Å². The molecule has 0 N–H and O–H groups in total. The van der Waals surface area contributed by atoms with Crippen molar-refractivity contribution < 1.29 is 22.7 Å². The van der Waals surface area contributed by atoms with E-state index in [4.69, 9.17) is 4.74 Å². The highest BCUT2D eigenvalue weighted by atomic mass is 32.2. The van der Waals surface area contributed by atoms with Gasteiger partial charge in [0.15, 0.2) is 4.80 Å². The number of esters is 1. The van der Waals surface area contributed by atoms with Crippen molar-refractivity contribution in [2.24, 2.45) is 18.0 Å². The lowest BCUT2D eigenvalue weighted by Crippen LogP contribution is -2.41. The Bertz CT molecular complexity index is 838. The third kappa shape index (κ3) is 4.56. The van der Waals surface area contributed by atoms with E-state index in [0.717, 1.165) is 17.6 Å². The van der Waals surface area contributed by atoms with E-state index in [0.29, 0.717) is 34.8 Å². The van der Waals surface area contributed by atoms with E-state index >= 15 is 0 Å². The SMILES string of the molecule is CCOC(=O)c1sc(=NC(=O)C2CCCN(S(C)(=O)=O)C2)n(C)c1C. The number of piperidine rings is 1. The number of sulfonamides is 1. The first-order valence-corrected chi connectivity index (χ1v) is 10.7. The lowest BCUT2D eigenvalue weighted by Gasteiger charge is -2.28. The number of carbonyl (C=O) groups excluding carboxylic acids is 2. The summed E-state index contributed by atoms with van der Waals surface area (Å²) in [5.41, 5.74) is 0.677. The largest absolute Gasteiger partial charge is 0.462 e. The molecule has 1 aliphatic heterocycles. The third-order valence-electron chi connectivity index (χ3n) is 4.18. The van der Waals surface area contributed by atoms with Crippen molar-refractivity contribution in [3.63, 3.8) is 0 Å². The van der Waals surface area contributed by atoms with Crippen LogP contribution in [0.1, 0.15) is 35.1 Å². The van der Waals surface area contributed by atoms with Crippen molar-refractivity contribution in [3.05, 3.63) is 15.4 Å². The minimum atomic E-state index is -3.32. The summed E-state index contributed by atoms with van der Waals surface area (Å²) < 4.78 is 31.4. The van der Waals surface area contributed by atoms with Gasteiger partial charge < -0.3 is 9.30 Å². The van der Waals surface area contributed by atoms with Crippen molar-refractivity contribution in [2.45, 2.75) is 26.7 Å². The Hall–Kier alpha value is -1.52. The van der Waals surface area contributed by atoms with Crippen molar-refractivity contribution in [1.29, 1.82) is 0 Å². The zero-order chi connectivity index (χ0) is 18.8. The molecule has 0 aliphatic carbocycles. The predicted molar refractivity (Wildman–Crippen MR) is 93.7 cm³/mol. The highest BCUT2D eigenvalue weighted by Gasteiger charge is 2.30. The topological polar surface area (TPSA) is 98.0 Å². The Balaban J connectivity index is 2.26. The molecule has 0 aromatic carbocycles. The number of thiazole rings is 1. The summed E-state index contributed by atoms with van der Waals surface area (Å²) in [6, 6.07) is 0. The van der Waals surface area contributed by atoms with Gasteiger partial charge in [-0.25, -0.2) is 17.5 Å². The maximum absolute atomic E-state index is 12.5. The van der Waals surface area contributed by atoms with Crippen molar-refractivity contribution >= 4 is 33.2 Å². The van der Waals surface area contributed by atoms with E-state index in [1.807, 2.05) is 0 Å². The number of hydrogen-bond donors (Lipinski definition) is 0. The molecule has 2 rings (SSSR count). The van der Waals surface area contributed by atoms with Gasteiger partial charge in [0.1, 0.15) is 4.88 Å². The van der Waals surface area contributed by atoms with Gasteiger partial charge in [-0.15, -0.1) is 0 Å². The molecule has 0 bridgehead atoms. The summed E-state index contributed by atoms with van der Waals surface area (Å²) in [5.74, 6) is -1.26. The molecule has 1 fully saturated rings. The summed E-state index contributed by atoms with van der Waals surface area (Å²) in [6.07, 6.45) is 2.38. The van der Waals surface area contributed by atoms with Gasteiger partial charge in [0, 0.05) is 25.8 Å². The van der Waals surface area contributed by atoms with Gasteiger partial charge in [0.2, 0.25) is 10.0 Å². The molecule has 0 saturated carbocycles. The minimum Gasteiger partial charge on any atom is -0.462 e. The summed E-state index contributed by atoms with van der Waals surface area (Å²) in [5, 5.41) is 0. The molecular weight excluding hydrogens is 366 g/mol. The molecule has 2 heterocycles. The fraction of sp³-hybridized carbons (Fsp3) is 0.667. The zero-order valence-corrected chi connectivity index (χ0v) is 16.4. The lowest BCUT2D eigenvalue weighted by molar-refractivity contribution is -0.122. The van der Waals surface area contributed by atoms with E-state index in [9.17, 15) is 18.0 Å². The molecule has 1 aliphatic rings. The molecule has 1 unspecified atom stereocenters. The molecule has 25 heavy (non-hydrogen) atoms. The van der Waals surface area contributed by atoms with Gasteiger partial charge >= 0.3 is 5.97 Å². The molecule has 140 valence electrons. The number of amides is 1. The van der Waals surface area contributed by atoms with Crippen LogP contribution in [0.4, 0.5) is 0 Å². The van der Waals surface area contributed by atoms with Crippen LogP contribution in [0.5, 0.6) is 0 Å². The number of hydrogen-bond acceptors (Lipinski definition) is 6. The van der Waals surface area contributed by atoms with E-state index in [2.05, 4.69) is 4.99 Å². The number of carbonyl (C=O) groups is 2. The number of ether oxygens (including phenoxy) is 1. The van der Waals surface area contributed by atoms with Crippen LogP contribution < -0.4 is 4.80 Å². The van der Waals surface area contributed by atoms with Gasteiger partial charge in [-0.1, -0.05) is 11.3 Å². The second-order valence-electron chi connectivity index (χ2n) is 5.99. The number of rotatable bonds is 4. The normalized spacial score (nSPS) is 19.8. The van der Waals surface area contributed by atoms with Crippen molar-refractivity contribution in [3.8, 4) is 0 Å². The van der Waals surface area contributed by atoms with Crippen LogP contribution >= 0.6 is 11.3 Å². The Morgan fingerprint density at radius 1 is 1.40 bits per heavy atom. The molecule has 1 aromatic rings. The predicted octanol–water partition coefficient (Wildman–Crippen LogP) is 0.671.